The van der Waals surface area contributed by atoms with Crippen LogP contribution in [0.25, 0.3) is 0 Å². The third kappa shape index (κ3) is 3.32. The van der Waals surface area contributed by atoms with Gasteiger partial charge >= 0.3 is 0 Å². The van der Waals surface area contributed by atoms with Crippen LogP contribution >= 0.6 is 27.7 Å². The van der Waals surface area contributed by atoms with E-state index in [1.165, 1.54) is 12.8 Å². The minimum Gasteiger partial charge on any atom is -0.349 e. The lowest BCUT2D eigenvalue weighted by molar-refractivity contribution is 0.0941. The molecule has 2 rings (SSSR count). The predicted molar refractivity (Wildman–Crippen MR) is 80.3 cm³/mol. The molecule has 1 aliphatic rings. The minimum absolute atomic E-state index is 0.0229. The lowest BCUT2D eigenvalue weighted by Gasteiger charge is -2.22. The fourth-order valence-electron chi connectivity index (χ4n) is 1.74. The van der Waals surface area contributed by atoms with Crippen molar-refractivity contribution in [1.29, 1.82) is 0 Å². The van der Waals surface area contributed by atoms with Gasteiger partial charge in [0.2, 0.25) is 0 Å². The van der Waals surface area contributed by atoms with E-state index in [9.17, 15) is 4.79 Å². The average Bonchev–Trinajstić information content (AvgIpc) is 3.09. The van der Waals surface area contributed by atoms with E-state index in [0.29, 0.717) is 12.6 Å². The van der Waals surface area contributed by atoms with Crippen LogP contribution in [0.1, 0.15) is 43.2 Å². The van der Waals surface area contributed by atoms with Crippen molar-refractivity contribution in [2.24, 2.45) is 0 Å². The molecule has 18 heavy (non-hydrogen) atoms. The molecule has 0 spiro atoms. The maximum atomic E-state index is 12.2. The van der Waals surface area contributed by atoms with E-state index >= 15 is 0 Å². The van der Waals surface area contributed by atoms with E-state index in [-0.39, 0.29) is 10.7 Å². The van der Waals surface area contributed by atoms with Crippen LogP contribution in [-0.2, 0) is 0 Å². The predicted octanol–water partition coefficient (Wildman–Crippen LogP) is 3.46. The smallest absolute Gasteiger partial charge is 0.268 e. The quantitative estimate of drug-likeness (QED) is 0.897. The Balaban J connectivity index is 2.04. The number of hydrogen-bond donors (Lipinski definition) is 1. The molecule has 1 fully saturated rings. The Morgan fingerprint density at radius 2 is 2.28 bits per heavy atom. The maximum Gasteiger partial charge on any atom is 0.268 e. The zero-order valence-electron chi connectivity index (χ0n) is 11.0. The van der Waals surface area contributed by atoms with Gasteiger partial charge in [-0.3, -0.25) is 4.79 Å². The van der Waals surface area contributed by atoms with Crippen LogP contribution in [0.2, 0.25) is 0 Å². The Kier molecular flexibility index (Phi) is 4.11. The molecule has 100 valence electrons. The summed E-state index contributed by atoms with van der Waals surface area (Å²) in [6.07, 6.45) is 6.43. The summed E-state index contributed by atoms with van der Waals surface area (Å²) in [5.41, 5.74) is 0.765. The van der Waals surface area contributed by atoms with Gasteiger partial charge in [-0.1, -0.05) is 0 Å². The number of carbonyl (C=O) groups is 1. The number of halogens is 1. The Labute approximate surface area is 121 Å². The van der Waals surface area contributed by atoms with Gasteiger partial charge in [0.25, 0.3) is 5.91 Å². The molecule has 1 N–H and O–H groups in total. The Hall–Kier alpha value is -0.420. The number of carbonyl (C=O) groups excluding carboxylic acids is 1. The number of nitrogens with one attached hydrogen (secondary N) is 1. The number of nitrogens with zero attached hydrogens (tertiary/aromatic N) is 1. The molecule has 0 bridgehead atoms. The molecule has 0 unspecified atom stereocenters. The van der Waals surface area contributed by atoms with Crippen molar-refractivity contribution in [2.45, 2.75) is 37.5 Å². The summed E-state index contributed by atoms with van der Waals surface area (Å²) >= 11 is 5.21. The van der Waals surface area contributed by atoms with E-state index in [2.05, 4.69) is 45.9 Å². The number of rotatable bonds is 5. The first kappa shape index (κ1) is 14.0. The molecule has 1 aromatic heterocycles. The molecule has 5 heteroatoms. The summed E-state index contributed by atoms with van der Waals surface area (Å²) < 4.78 is 3.14. The summed E-state index contributed by atoms with van der Waals surface area (Å²) in [5, 5.41) is 3.03. The molecule has 0 radical (unpaired) electrons. The third-order valence-corrected chi connectivity index (χ3v) is 4.90. The van der Waals surface area contributed by atoms with Crippen molar-refractivity contribution in [3.8, 4) is 0 Å². The molecule has 0 saturated heterocycles. The molecule has 1 amide bonds. The van der Waals surface area contributed by atoms with Crippen LogP contribution in [0.3, 0.4) is 0 Å². The first-order valence-electron chi connectivity index (χ1n) is 6.14. The summed E-state index contributed by atoms with van der Waals surface area (Å²) in [6.45, 7) is 4.95. The van der Waals surface area contributed by atoms with Crippen molar-refractivity contribution in [3.63, 3.8) is 0 Å². The standard InChI is InChI=1S/C13H19BrN2OS/c1-13(2,18-3)8-15-12(17)11-6-9(14)7-16(11)10-4-5-10/h6-7,10H,4-5,8H2,1-3H3,(H,15,17). The van der Waals surface area contributed by atoms with Gasteiger partial charge in [0, 0.05) is 28.0 Å². The fourth-order valence-corrected chi connectivity index (χ4v) is 2.39. The number of aromatic nitrogens is 1. The van der Waals surface area contributed by atoms with Crippen molar-refractivity contribution in [2.75, 3.05) is 12.8 Å². The van der Waals surface area contributed by atoms with Crippen molar-refractivity contribution < 1.29 is 4.79 Å². The van der Waals surface area contributed by atoms with Crippen LogP contribution in [0.4, 0.5) is 0 Å². The van der Waals surface area contributed by atoms with Crippen LogP contribution in [0.15, 0.2) is 16.7 Å². The minimum atomic E-state index is 0.0229. The second-order valence-electron chi connectivity index (χ2n) is 5.33. The molecular weight excluding hydrogens is 312 g/mol. The first-order valence-corrected chi connectivity index (χ1v) is 8.15. The second kappa shape index (κ2) is 5.29. The Morgan fingerprint density at radius 3 is 2.83 bits per heavy atom. The molecule has 0 aliphatic heterocycles. The lowest BCUT2D eigenvalue weighted by Crippen LogP contribution is -2.36. The van der Waals surface area contributed by atoms with Crippen molar-refractivity contribution >= 4 is 33.6 Å². The van der Waals surface area contributed by atoms with Crippen LogP contribution in [0, 0.1) is 0 Å². The number of amides is 1. The van der Waals surface area contributed by atoms with Gasteiger partial charge in [-0.25, -0.2) is 0 Å². The van der Waals surface area contributed by atoms with Gasteiger partial charge in [0.05, 0.1) is 0 Å². The Bertz CT molecular complexity index is 452. The SMILES string of the molecule is CSC(C)(C)CNC(=O)c1cc(Br)cn1C1CC1. The zero-order valence-corrected chi connectivity index (χ0v) is 13.4. The summed E-state index contributed by atoms with van der Waals surface area (Å²) in [5.74, 6) is 0.0229. The molecule has 1 aromatic rings. The van der Waals surface area contributed by atoms with Gasteiger partial charge in [-0.05, 0) is 54.9 Å². The lowest BCUT2D eigenvalue weighted by atomic mass is 10.2. The van der Waals surface area contributed by atoms with Gasteiger partial charge in [-0.2, -0.15) is 11.8 Å². The Morgan fingerprint density at radius 1 is 1.61 bits per heavy atom. The van der Waals surface area contributed by atoms with Gasteiger partial charge in [0.1, 0.15) is 5.69 Å². The monoisotopic (exact) mass is 330 g/mol. The highest BCUT2D eigenvalue weighted by Crippen LogP contribution is 2.37. The van der Waals surface area contributed by atoms with Gasteiger partial charge < -0.3 is 9.88 Å². The molecule has 3 nitrogen and oxygen atoms in total. The summed E-state index contributed by atoms with van der Waals surface area (Å²) in [4.78, 5) is 12.2. The second-order valence-corrected chi connectivity index (χ2v) is 7.76. The highest BCUT2D eigenvalue weighted by Gasteiger charge is 2.28. The molecule has 0 aromatic carbocycles. The largest absolute Gasteiger partial charge is 0.349 e. The molecule has 1 aliphatic carbocycles. The van der Waals surface area contributed by atoms with E-state index < -0.39 is 0 Å². The summed E-state index contributed by atoms with van der Waals surface area (Å²) in [7, 11) is 0. The van der Waals surface area contributed by atoms with Gasteiger partial charge in [-0.15, -0.1) is 0 Å². The van der Waals surface area contributed by atoms with Crippen LogP contribution < -0.4 is 5.32 Å². The average molecular weight is 331 g/mol. The van der Waals surface area contributed by atoms with Gasteiger partial charge in [0.15, 0.2) is 0 Å². The number of thioether (sulfide) groups is 1. The summed E-state index contributed by atoms with van der Waals surface area (Å²) in [6, 6.07) is 2.42. The third-order valence-electron chi connectivity index (χ3n) is 3.22. The van der Waals surface area contributed by atoms with Crippen molar-refractivity contribution in [3.05, 3.63) is 22.4 Å². The molecule has 1 heterocycles. The van der Waals surface area contributed by atoms with E-state index in [0.717, 1.165) is 10.2 Å². The molecular formula is C13H19BrN2OS. The number of hydrogen-bond acceptors (Lipinski definition) is 2. The van der Waals surface area contributed by atoms with Crippen molar-refractivity contribution in [1.82, 2.24) is 9.88 Å². The fraction of sp³-hybridized carbons (Fsp3) is 0.615. The van der Waals surface area contributed by atoms with Crippen LogP contribution in [-0.4, -0.2) is 28.0 Å². The topological polar surface area (TPSA) is 34.0 Å². The normalized spacial score (nSPS) is 15.8. The zero-order chi connectivity index (χ0) is 13.3. The van der Waals surface area contributed by atoms with E-state index in [1.807, 2.05) is 12.3 Å². The first-order chi connectivity index (χ1) is 8.43. The molecule has 1 saturated carbocycles. The highest BCUT2D eigenvalue weighted by molar-refractivity contribution is 9.10. The maximum absolute atomic E-state index is 12.2. The highest BCUT2D eigenvalue weighted by atomic mass is 79.9. The van der Waals surface area contributed by atoms with E-state index in [1.54, 1.807) is 11.8 Å². The molecule has 0 atom stereocenters. The van der Waals surface area contributed by atoms with Crippen LogP contribution in [0.5, 0.6) is 0 Å². The van der Waals surface area contributed by atoms with E-state index in [4.69, 9.17) is 0 Å².